The molecule has 0 atom stereocenters. The number of Topliss-reactive ketones (excluding diaryl/α,β-unsaturated/α-hetero) is 1. The van der Waals surface area contributed by atoms with Gasteiger partial charge in [0.15, 0.2) is 0 Å². The highest BCUT2D eigenvalue weighted by Gasteiger charge is 2.43. The Balaban J connectivity index is 1.76. The van der Waals surface area contributed by atoms with Crippen LogP contribution in [0.5, 0.6) is 0 Å². The molecule has 2 aromatic rings. The Bertz CT molecular complexity index is 911. The van der Waals surface area contributed by atoms with E-state index in [1.807, 2.05) is 50.2 Å². The van der Waals surface area contributed by atoms with Crippen molar-refractivity contribution in [3.8, 4) is 11.1 Å². The first-order valence-corrected chi connectivity index (χ1v) is 10.9. The molecule has 0 spiro atoms. The average molecular weight is 407 g/mol. The molecule has 0 bridgehead atoms. The number of benzene rings is 2. The fourth-order valence-electron chi connectivity index (χ4n) is 3.65. The number of hydrogen-bond acceptors (Lipinski definition) is 3. The molecule has 1 saturated carbocycles. The normalized spacial score (nSPS) is 14.6. The molecule has 1 aliphatic carbocycles. The van der Waals surface area contributed by atoms with Crippen molar-refractivity contribution in [1.29, 1.82) is 0 Å². The molecule has 4 heteroatoms. The number of carbonyl (C=O) groups is 2. The predicted molar refractivity (Wildman–Crippen MR) is 123 cm³/mol. The standard InChI is InChI=1S/C26H34N2O2/c1-6-28(16-15-27(4)5)25(30)22-11-9-21(10-12-22)23-17-20(8-7-19(23)2)18-24(29)26(3)13-14-26/h7-12,17H,6,13-16,18H2,1-5H3. The minimum absolute atomic E-state index is 0.0691. The van der Waals surface area contributed by atoms with E-state index >= 15 is 0 Å². The van der Waals surface area contributed by atoms with Crippen LogP contribution in [-0.4, -0.2) is 55.2 Å². The van der Waals surface area contributed by atoms with E-state index in [0.717, 1.165) is 42.6 Å². The fourth-order valence-corrected chi connectivity index (χ4v) is 3.65. The van der Waals surface area contributed by atoms with Crippen LogP contribution in [0.3, 0.4) is 0 Å². The van der Waals surface area contributed by atoms with Crippen LogP contribution >= 0.6 is 0 Å². The highest BCUT2D eigenvalue weighted by Crippen LogP contribution is 2.46. The molecule has 0 N–H and O–H groups in total. The second-order valence-electron chi connectivity index (χ2n) is 9.08. The lowest BCUT2D eigenvalue weighted by atomic mass is 9.92. The Morgan fingerprint density at radius 3 is 2.23 bits per heavy atom. The molecule has 30 heavy (non-hydrogen) atoms. The molecule has 1 amide bonds. The Labute approximate surface area is 180 Å². The minimum atomic E-state index is -0.0925. The highest BCUT2D eigenvalue weighted by molar-refractivity contribution is 5.95. The van der Waals surface area contributed by atoms with Crippen molar-refractivity contribution < 1.29 is 9.59 Å². The summed E-state index contributed by atoms with van der Waals surface area (Å²) >= 11 is 0. The summed E-state index contributed by atoms with van der Waals surface area (Å²) in [5, 5.41) is 0. The largest absolute Gasteiger partial charge is 0.338 e. The number of hydrogen-bond donors (Lipinski definition) is 0. The maximum atomic E-state index is 12.8. The molecule has 160 valence electrons. The molecule has 0 radical (unpaired) electrons. The van der Waals surface area contributed by atoms with E-state index in [0.29, 0.717) is 24.3 Å². The van der Waals surface area contributed by atoms with Crippen LogP contribution in [0.15, 0.2) is 42.5 Å². The quantitative estimate of drug-likeness (QED) is 0.611. The van der Waals surface area contributed by atoms with Crippen molar-refractivity contribution in [1.82, 2.24) is 9.80 Å². The van der Waals surface area contributed by atoms with E-state index < -0.39 is 0 Å². The van der Waals surface area contributed by atoms with Gasteiger partial charge in [-0.15, -0.1) is 0 Å². The monoisotopic (exact) mass is 406 g/mol. The van der Waals surface area contributed by atoms with E-state index in [9.17, 15) is 9.59 Å². The second kappa shape index (κ2) is 9.13. The van der Waals surface area contributed by atoms with Gasteiger partial charge in [-0.2, -0.15) is 0 Å². The molecule has 1 aliphatic rings. The van der Waals surface area contributed by atoms with Crippen molar-refractivity contribution in [2.45, 2.75) is 40.0 Å². The smallest absolute Gasteiger partial charge is 0.253 e. The number of nitrogens with zero attached hydrogens (tertiary/aromatic N) is 2. The Morgan fingerprint density at radius 1 is 1.00 bits per heavy atom. The van der Waals surface area contributed by atoms with E-state index in [4.69, 9.17) is 0 Å². The third-order valence-corrected chi connectivity index (χ3v) is 6.27. The van der Waals surface area contributed by atoms with Gasteiger partial charge in [-0.1, -0.05) is 37.3 Å². The number of rotatable bonds is 9. The lowest BCUT2D eigenvalue weighted by Gasteiger charge is -2.23. The molecule has 4 nitrogen and oxygen atoms in total. The van der Waals surface area contributed by atoms with Gasteiger partial charge in [-0.3, -0.25) is 9.59 Å². The van der Waals surface area contributed by atoms with Crippen molar-refractivity contribution in [3.63, 3.8) is 0 Å². The van der Waals surface area contributed by atoms with Crippen LogP contribution < -0.4 is 0 Å². The molecule has 1 fully saturated rings. The summed E-state index contributed by atoms with van der Waals surface area (Å²) in [6.07, 6.45) is 2.53. The Morgan fingerprint density at radius 2 is 1.67 bits per heavy atom. The lowest BCUT2D eigenvalue weighted by molar-refractivity contribution is -0.122. The lowest BCUT2D eigenvalue weighted by Crippen LogP contribution is -2.36. The Hall–Kier alpha value is -2.46. The summed E-state index contributed by atoms with van der Waals surface area (Å²) in [6, 6.07) is 14.1. The fraction of sp³-hybridized carbons (Fsp3) is 0.462. The number of carbonyl (C=O) groups excluding carboxylic acids is 2. The summed E-state index contributed by atoms with van der Waals surface area (Å²) in [4.78, 5) is 29.3. The SMILES string of the molecule is CCN(CCN(C)C)C(=O)c1ccc(-c2cc(CC(=O)C3(C)CC3)ccc2C)cc1. The highest BCUT2D eigenvalue weighted by atomic mass is 16.2. The maximum Gasteiger partial charge on any atom is 0.253 e. The number of likely N-dealkylation sites (N-methyl/N-ethyl adjacent to an activating group) is 2. The molecular formula is C26H34N2O2. The van der Waals surface area contributed by atoms with Crippen LogP contribution in [-0.2, 0) is 11.2 Å². The maximum absolute atomic E-state index is 12.8. The summed E-state index contributed by atoms with van der Waals surface area (Å²) in [6.45, 7) is 8.43. The van der Waals surface area contributed by atoms with Gasteiger partial charge in [0.2, 0.25) is 0 Å². The molecule has 0 aromatic heterocycles. The van der Waals surface area contributed by atoms with Crippen LogP contribution in [0.2, 0.25) is 0 Å². The first-order chi connectivity index (χ1) is 14.2. The van der Waals surface area contributed by atoms with E-state index in [1.54, 1.807) is 0 Å². The van der Waals surface area contributed by atoms with Crippen LogP contribution in [0, 0.1) is 12.3 Å². The van der Waals surface area contributed by atoms with Gasteiger partial charge in [-0.05, 0) is 75.2 Å². The van der Waals surface area contributed by atoms with E-state index in [-0.39, 0.29) is 11.3 Å². The van der Waals surface area contributed by atoms with Crippen LogP contribution in [0.1, 0.15) is 48.2 Å². The summed E-state index contributed by atoms with van der Waals surface area (Å²) in [5.41, 5.74) is 5.06. The van der Waals surface area contributed by atoms with Gasteiger partial charge in [0.25, 0.3) is 5.91 Å². The average Bonchev–Trinajstić information content (AvgIpc) is 3.48. The molecular weight excluding hydrogens is 372 g/mol. The van der Waals surface area contributed by atoms with E-state index in [2.05, 4.69) is 36.9 Å². The van der Waals surface area contributed by atoms with Gasteiger partial charge in [0, 0.05) is 37.0 Å². The van der Waals surface area contributed by atoms with Crippen molar-refractivity contribution in [2.24, 2.45) is 5.41 Å². The van der Waals surface area contributed by atoms with Gasteiger partial charge >= 0.3 is 0 Å². The van der Waals surface area contributed by atoms with Crippen LogP contribution in [0.25, 0.3) is 11.1 Å². The zero-order chi connectivity index (χ0) is 21.9. The minimum Gasteiger partial charge on any atom is -0.338 e. The Kier molecular flexibility index (Phi) is 6.77. The molecule has 0 saturated heterocycles. The van der Waals surface area contributed by atoms with Crippen LogP contribution in [0.4, 0.5) is 0 Å². The van der Waals surface area contributed by atoms with Gasteiger partial charge in [0.05, 0.1) is 0 Å². The first-order valence-electron chi connectivity index (χ1n) is 10.9. The van der Waals surface area contributed by atoms with Crippen molar-refractivity contribution in [2.75, 3.05) is 33.7 Å². The zero-order valence-corrected chi connectivity index (χ0v) is 19.0. The molecule has 2 aromatic carbocycles. The van der Waals surface area contributed by atoms with Crippen molar-refractivity contribution >= 4 is 11.7 Å². The number of amides is 1. The predicted octanol–water partition coefficient (Wildman–Crippen LogP) is 4.60. The second-order valence-corrected chi connectivity index (χ2v) is 9.08. The first kappa shape index (κ1) is 22.2. The summed E-state index contributed by atoms with van der Waals surface area (Å²) < 4.78 is 0. The van der Waals surface area contributed by atoms with Gasteiger partial charge in [-0.25, -0.2) is 0 Å². The van der Waals surface area contributed by atoms with Gasteiger partial charge < -0.3 is 9.80 Å². The molecule has 0 heterocycles. The number of aryl methyl sites for hydroxylation is 1. The third-order valence-electron chi connectivity index (χ3n) is 6.27. The summed E-state index contributed by atoms with van der Waals surface area (Å²) in [7, 11) is 4.03. The molecule has 0 unspecified atom stereocenters. The van der Waals surface area contributed by atoms with E-state index in [1.165, 1.54) is 5.56 Å². The zero-order valence-electron chi connectivity index (χ0n) is 19.0. The molecule has 0 aliphatic heterocycles. The van der Waals surface area contributed by atoms with Gasteiger partial charge in [0.1, 0.15) is 5.78 Å². The molecule has 3 rings (SSSR count). The topological polar surface area (TPSA) is 40.6 Å². The van der Waals surface area contributed by atoms with Crippen molar-refractivity contribution in [3.05, 3.63) is 59.2 Å². The third kappa shape index (κ3) is 5.17. The number of ketones is 1. The summed E-state index contributed by atoms with van der Waals surface area (Å²) in [5.74, 6) is 0.412.